The smallest absolute Gasteiger partial charge is 0.251 e. The van der Waals surface area contributed by atoms with E-state index in [0.717, 1.165) is 31.5 Å². The third-order valence-electron chi connectivity index (χ3n) is 4.15. The van der Waals surface area contributed by atoms with Crippen LogP contribution in [0.4, 0.5) is 0 Å². The minimum atomic E-state index is -0.227. The molecule has 1 heterocycles. The summed E-state index contributed by atoms with van der Waals surface area (Å²) in [4.78, 5) is 25.5. The standard InChI is InChI=1S/C17H25N3O3/c1-23-12-13-4-6-14(7-5-13)17(22)19-8-10-20-9-2-3-15(11-20)16(18)21/h4-7,15H,2-3,8-12H2,1H3,(H2,18,21)(H,19,22)/t15-/m1/s1. The molecule has 0 aromatic heterocycles. The first-order valence-corrected chi connectivity index (χ1v) is 7.98. The maximum atomic E-state index is 12.1. The average molecular weight is 319 g/mol. The third-order valence-corrected chi connectivity index (χ3v) is 4.15. The molecule has 0 spiro atoms. The van der Waals surface area contributed by atoms with E-state index >= 15 is 0 Å². The Morgan fingerprint density at radius 3 is 2.74 bits per heavy atom. The molecule has 1 aliphatic rings. The van der Waals surface area contributed by atoms with E-state index < -0.39 is 0 Å². The van der Waals surface area contributed by atoms with Crippen LogP contribution in [0.3, 0.4) is 0 Å². The van der Waals surface area contributed by atoms with Gasteiger partial charge in [-0.25, -0.2) is 0 Å². The number of hydrogen-bond acceptors (Lipinski definition) is 4. The fourth-order valence-electron chi connectivity index (χ4n) is 2.84. The molecule has 126 valence electrons. The van der Waals surface area contributed by atoms with Gasteiger partial charge in [-0.3, -0.25) is 9.59 Å². The van der Waals surface area contributed by atoms with Crippen LogP contribution < -0.4 is 11.1 Å². The van der Waals surface area contributed by atoms with Gasteiger partial charge in [0, 0.05) is 32.3 Å². The van der Waals surface area contributed by atoms with Crippen molar-refractivity contribution in [2.24, 2.45) is 11.7 Å². The molecule has 0 unspecified atom stereocenters. The number of nitrogens with zero attached hydrogens (tertiary/aromatic N) is 1. The molecule has 1 aromatic carbocycles. The zero-order valence-corrected chi connectivity index (χ0v) is 13.6. The first kappa shape index (κ1) is 17.4. The summed E-state index contributed by atoms with van der Waals surface area (Å²) in [6, 6.07) is 7.38. The second kappa shape index (κ2) is 8.64. The molecule has 0 bridgehead atoms. The van der Waals surface area contributed by atoms with Crippen molar-refractivity contribution in [2.45, 2.75) is 19.4 Å². The molecule has 23 heavy (non-hydrogen) atoms. The van der Waals surface area contributed by atoms with E-state index in [1.54, 1.807) is 19.2 Å². The molecule has 0 radical (unpaired) electrons. The van der Waals surface area contributed by atoms with E-state index in [1.807, 2.05) is 12.1 Å². The summed E-state index contributed by atoms with van der Waals surface area (Å²) in [7, 11) is 1.64. The molecular formula is C17H25N3O3. The van der Waals surface area contributed by atoms with Crippen molar-refractivity contribution < 1.29 is 14.3 Å². The first-order chi connectivity index (χ1) is 11.1. The molecule has 1 aromatic rings. The minimum absolute atomic E-state index is 0.0622. The van der Waals surface area contributed by atoms with Gasteiger partial charge in [0.2, 0.25) is 5.91 Å². The third kappa shape index (κ3) is 5.33. The van der Waals surface area contributed by atoms with E-state index in [-0.39, 0.29) is 17.7 Å². The number of benzene rings is 1. The van der Waals surface area contributed by atoms with Gasteiger partial charge in [0.05, 0.1) is 12.5 Å². The van der Waals surface area contributed by atoms with Crippen LogP contribution in [0.2, 0.25) is 0 Å². The monoisotopic (exact) mass is 319 g/mol. The van der Waals surface area contributed by atoms with Gasteiger partial charge in [-0.05, 0) is 37.1 Å². The van der Waals surface area contributed by atoms with Crippen molar-refractivity contribution in [1.82, 2.24) is 10.2 Å². The molecule has 2 rings (SSSR count). The lowest BCUT2D eigenvalue weighted by atomic mass is 9.97. The van der Waals surface area contributed by atoms with Crippen LogP contribution in [-0.2, 0) is 16.1 Å². The number of piperidine rings is 1. The number of carbonyl (C=O) groups excluding carboxylic acids is 2. The Bertz CT molecular complexity index is 530. The molecule has 1 atom stereocenters. The van der Waals surface area contributed by atoms with Crippen LogP contribution in [0, 0.1) is 5.92 Å². The van der Waals surface area contributed by atoms with E-state index in [1.165, 1.54) is 0 Å². The Labute approximate surface area is 137 Å². The molecule has 6 nitrogen and oxygen atoms in total. The lowest BCUT2D eigenvalue weighted by Gasteiger charge is -2.31. The molecule has 1 saturated heterocycles. The fourth-order valence-corrected chi connectivity index (χ4v) is 2.84. The van der Waals surface area contributed by atoms with E-state index in [0.29, 0.717) is 25.3 Å². The number of ether oxygens (including phenoxy) is 1. The quantitative estimate of drug-likeness (QED) is 0.777. The zero-order chi connectivity index (χ0) is 16.7. The fraction of sp³-hybridized carbons (Fsp3) is 0.529. The van der Waals surface area contributed by atoms with Crippen LogP contribution in [0.1, 0.15) is 28.8 Å². The second-order valence-electron chi connectivity index (χ2n) is 5.93. The van der Waals surface area contributed by atoms with Gasteiger partial charge in [-0.2, -0.15) is 0 Å². The zero-order valence-electron chi connectivity index (χ0n) is 13.6. The summed E-state index contributed by atoms with van der Waals surface area (Å²) in [5, 5.41) is 2.91. The highest BCUT2D eigenvalue weighted by molar-refractivity contribution is 5.94. The molecule has 1 aliphatic heterocycles. The SMILES string of the molecule is COCc1ccc(C(=O)NCCN2CCC[C@@H](C(N)=O)C2)cc1. The van der Waals surface area contributed by atoms with Crippen LogP contribution in [0.25, 0.3) is 0 Å². The minimum Gasteiger partial charge on any atom is -0.380 e. The number of amides is 2. The number of primary amides is 1. The van der Waals surface area contributed by atoms with Crippen molar-refractivity contribution in [3.05, 3.63) is 35.4 Å². The molecule has 2 amide bonds. The number of methoxy groups -OCH3 is 1. The predicted octanol–water partition coefficient (Wildman–Crippen LogP) is 0.760. The summed E-state index contributed by atoms with van der Waals surface area (Å²) < 4.78 is 5.05. The molecule has 3 N–H and O–H groups in total. The average Bonchev–Trinajstić information content (AvgIpc) is 2.56. The Hall–Kier alpha value is -1.92. The van der Waals surface area contributed by atoms with Gasteiger partial charge in [0.25, 0.3) is 5.91 Å². The molecule has 1 fully saturated rings. The second-order valence-corrected chi connectivity index (χ2v) is 5.93. The summed E-state index contributed by atoms with van der Waals surface area (Å²) >= 11 is 0. The van der Waals surface area contributed by atoms with Crippen LogP contribution in [0.15, 0.2) is 24.3 Å². The largest absolute Gasteiger partial charge is 0.380 e. The number of carbonyl (C=O) groups is 2. The maximum Gasteiger partial charge on any atom is 0.251 e. The number of nitrogens with one attached hydrogen (secondary N) is 1. The van der Waals surface area contributed by atoms with Gasteiger partial charge in [0.15, 0.2) is 0 Å². The van der Waals surface area contributed by atoms with Crippen LogP contribution in [-0.4, -0.2) is 50.0 Å². The van der Waals surface area contributed by atoms with Crippen LogP contribution in [0.5, 0.6) is 0 Å². The van der Waals surface area contributed by atoms with E-state index in [2.05, 4.69) is 10.2 Å². The molecular weight excluding hydrogens is 294 g/mol. The summed E-state index contributed by atoms with van der Waals surface area (Å²) in [5.41, 5.74) is 7.05. The Morgan fingerprint density at radius 2 is 2.09 bits per heavy atom. The van der Waals surface area contributed by atoms with Crippen molar-refractivity contribution in [3.8, 4) is 0 Å². The normalized spacial score (nSPS) is 18.6. The predicted molar refractivity (Wildman–Crippen MR) is 87.8 cm³/mol. The number of nitrogens with two attached hydrogens (primary N) is 1. The van der Waals surface area contributed by atoms with E-state index in [9.17, 15) is 9.59 Å². The number of likely N-dealkylation sites (tertiary alicyclic amines) is 1. The highest BCUT2D eigenvalue weighted by Crippen LogP contribution is 2.15. The highest BCUT2D eigenvalue weighted by Gasteiger charge is 2.23. The number of hydrogen-bond donors (Lipinski definition) is 2. The maximum absolute atomic E-state index is 12.1. The van der Waals surface area contributed by atoms with Gasteiger partial charge in [-0.15, -0.1) is 0 Å². The molecule has 0 aliphatic carbocycles. The highest BCUT2D eigenvalue weighted by atomic mass is 16.5. The Morgan fingerprint density at radius 1 is 1.35 bits per heavy atom. The van der Waals surface area contributed by atoms with Gasteiger partial charge in [-0.1, -0.05) is 12.1 Å². The lowest BCUT2D eigenvalue weighted by Crippen LogP contribution is -2.44. The summed E-state index contributed by atoms with van der Waals surface area (Å²) in [5.74, 6) is -0.375. The Kier molecular flexibility index (Phi) is 6.55. The lowest BCUT2D eigenvalue weighted by molar-refractivity contribution is -0.123. The topological polar surface area (TPSA) is 84.7 Å². The van der Waals surface area contributed by atoms with Crippen molar-refractivity contribution in [2.75, 3.05) is 33.3 Å². The first-order valence-electron chi connectivity index (χ1n) is 7.98. The van der Waals surface area contributed by atoms with Gasteiger partial charge in [0.1, 0.15) is 0 Å². The number of rotatable bonds is 7. The van der Waals surface area contributed by atoms with Crippen LogP contribution >= 0.6 is 0 Å². The van der Waals surface area contributed by atoms with E-state index in [4.69, 9.17) is 10.5 Å². The van der Waals surface area contributed by atoms with Gasteiger partial charge < -0.3 is 20.7 Å². The van der Waals surface area contributed by atoms with Crippen molar-refractivity contribution in [3.63, 3.8) is 0 Å². The molecule has 6 heteroatoms. The molecule has 0 saturated carbocycles. The summed E-state index contributed by atoms with van der Waals surface area (Å²) in [6.45, 7) is 3.47. The summed E-state index contributed by atoms with van der Waals surface area (Å²) in [6.07, 6.45) is 1.84. The van der Waals surface area contributed by atoms with Gasteiger partial charge >= 0.3 is 0 Å². The van der Waals surface area contributed by atoms with Crippen molar-refractivity contribution in [1.29, 1.82) is 0 Å². The Balaban J connectivity index is 1.75. The van der Waals surface area contributed by atoms with Crippen molar-refractivity contribution >= 4 is 11.8 Å².